The molecule has 1 aromatic carbocycles. The number of hydrogen-bond acceptors (Lipinski definition) is 3. The molecule has 25 heavy (non-hydrogen) atoms. The van der Waals surface area contributed by atoms with Gasteiger partial charge in [-0.1, -0.05) is 42.5 Å². The zero-order valence-electron chi connectivity index (χ0n) is 14.1. The molecule has 1 saturated heterocycles. The van der Waals surface area contributed by atoms with Gasteiger partial charge < -0.3 is 9.64 Å². The zero-order chi connectivity index (χ0) is 17.2. The summed E-state index contributed by atoms with van der Waals surface area (Å²) < 4.78 is 6.33. The molecule has 4 nitrogen and oxygen atoms in total. The Hall–Kier alpha value is -2.72. The van der Waals surface area contributed by atoms with E-state index in [0.717, 1.165) is 22.4 Å². The van der Waals surface area contributed by atoms with Gasteiger partial charge in [-0.3, -0.25) is 9.78 Å². The summed E-state index contributed by atoms with van der Waals surface area (Å²) in [5.41, 5.74) is 4.29. The summed E-state index contributed by atoms with van der Waals surface area (Å²) in [4.78, 5) is 18.2. The third kappa shape index (κ3) is 3.01. The topological polar surface area (TPSA) is 42.4 Å². The van der Waals surface area contributed by atoms with Crippen molar-refractivity contribution in [1.29, 1.82) is 0 Å². The fourth-order valence-electron chi connectivity index (χ4n) is 3.57. The molecular formula is C21H20N2O2. The minimum atomic E-state index is -0.154. The molecule has 4 heteroatoms. The molecule has 0 spiro atoms. The summed E-state index contributed by atoms with van der Waals surface area (Å²) in [6.07, 6.45) is 8.05. The second-order valence-electron chi connectivity index (χ2n) is 6.44. The van der Waals surface area contributed by atoms with E-state index in [0.29, 0.717) is 13.0 Å². The van der Waals surface area contributed by atoms with E-state index in [9.17, 15) is 4.79 Å². The number of carbonyl (C=O) groups excluding carboxylic acids is 1. The van der Waals surface area contributed by atoms with Gasteiger partial charge in [0.2, 0.25) is 5.91 Å². The van der Waals surface area contributed by atoms with Crippen LogP contribution < -0.4 is 0 Å². The molecule has 1 aromatic heterocycles. The lowest BCUT2D eigenvalue weighted by molar-refractivity contribution is -0.126. The molecule has 2 unspecified atom stereocenters. The van der Waals surface area contributed by atoms with E-state index in [-0.39, 0.29) is 17.9 Å². The number of aromatic nitrogens is 1. The van der Waals surface area contributed by atoms with E-state index in [1.165, 1.54) is 0 Å². The first-order valence-electron chi connectivity index (χ1n) is 8.48. The molecule has 4 rings (SSSR count). The van der Waals surface area contributed by atoms with Crippen molar-refractivity contribution >= 4 is 11.5 Å². The Morgan fingerprint density at radius 3 is 2.76 bits per heavy atom. The largest absolute Gasteiger partial charge is 0.368 e. The van der Waals surface area contributed by atoms with E-state index in [2.05, 4.69) is 23.2 Å². The van der Waals surface area contributed by atoms with Gasteiger partial charge in [0.15, 0.2) is 0 Å². The number of rotatable bonds is 4. The lowest BCUT2D eigenvalue weighted by Crippen LogP contribution is -2.29. The highest BCUT2D eigenvalue weighted by molar-refractivity contribution is 5.85. The molecule has 0 bridgehead atoms. The number of carbonyl (C=O) groups is 1. The van der Waals surface area contributed by atoms with Gasteiger partial charge in [-0.25, -0.2) is 0 Å². The molecule has 0 radical (unpaired) electrons. The summed E-state index contributed by atoms with van der Waals surface area (Å²) in [6.45, 7) is 0.519. The summed E-state index contributed by atoms with van der Waals surface area (Å²) >= 11 is 0. The molecule has 1 aliphatic heterocycles. The van der Waals surface area contributed by atoms with Crippen LogP contribution in [0.15, 0.2) is 72.7 Å². The molecule has 126 valence electrons. The number of fused-ring (bicyclic) bond motifs is 1. The Balaban J connectivity index is 1.65. The van der Waals surface area contributed by atoms with E-state index in [1.54, 1.807) is 11.1 Å². The van der Waals surface area contributed by atoms with Gasteiger partial charge >= 0.3 is 0 Å². The molecule has 2 heterocycles. The van der Waals surface area contributed by atoms with Gasteiger partial charge in [0.1, 0.15) is 0 Å². The second kappa shape index (κ2) is 6.65. The molecule has 0 N–H and O–H groups in total. The molecule has 2 atom stereocenters. The highest BCUT2D eigenvalue weighted by Crippen LogP contribution is 2.41. The van der Waals surface area contributed by atoms with E-state index < -0.39 is 0 Å². The summed E-state index contributed by atoms with van der Waals surface area (Å²) in [5.74, 6) is 0.201. The molecule has 0 saturated carbocycles. The maximum absolute atomic E-state index is 12.2. The number of allylic oxidation sites excluding steroid dienone is 2. The lowest BCUT2D eigenvalue weighted by atomic mass is 9.85. The van der Waals surface area contributed by atoms with Crippen molar-refractivity contribution in [2.75, 3.05) is 7.05 Å². The van der Waals surface area contributed by atoms with E-state index >= 15 is 0 Å². The number of benzene rings is 1. The highest BCUT2D eigenvalue weighted by Gasteiger charge is 2.41. The number of amides is 1. The third-order valence-electron chi connectivity index (χ3n) is 4.91. The minimum absolute atomic E-state index is 0.0569. The van der Waals surface area contributed by atoms with Crippen molar-refractivity contribution in [2.24, 2.45) is 5.92 Å². The Kier molecular flexibility index (Phi) is 4.20. The Labute approximate surface area is 147 Å². The van der Waals surface area contributed by atoms with Crippen molar-refractivity contribution in [3.05, 3.63) is 83.8 Å². The zero-order valence-corrected chi connectivity index (χ0v) is 14.1. The van der Waals surface area contributed by atoms with Crippen LogP contribution in [0.25, 0.3) is 5.57 Å². The summed E-state index contributed by atoms with van der Waals surface area (Å²) in [6, 6.07) is 14.1. The van der Waals surface area contributed by atoms with Gasteiger partial charge in [-0.15, -0.1) is 0 Å². The van der Waals surface area contributed by atoms with Crippen molar-refractivity contribution < 1.29 is 9.53 Å². The van der Waals surface area contributed by atoms with Crippen molar-refractivity contribution in [3.8, 4) is 0 Å². The average Bonchev–Trinajstić information content (AvgIpc) is 2.96. The van der Waals surface area contributed by atoms with Gasteiger partial charge in [0, 0.05) is 37.5 Å². The van der Waals surface area contributed by atoms with Crippen molar-refractivity contribution in [1.82, 2.24) is 9.88 Å². The Morgan fingerprint density at radius 1 is 1.16 bits per heavy atom. The normalized spacial score (nSPS) is 22.4. The third-order valence-corrected chi connectivity index (χ3v) is 4.91. The van der Waals surface area contributed by atoms with Gasteiger partial charge in [0.05, 0.1) is 12.7 Å². The number of ether oxygens (including phenoxy) is 1. The highest BCUT2D eigenvalue weighted by atomic mass is 16.5. The predicted octanol–water partition coefficient (Wildman–Crippen LogP) is 3.43. The minimum Gasteiger partial charge on any atom is -0.368 e. The first kappa shape index (κ1) is 15.8. The maximum atomic E-state index is 12.2. The number of likely N-dealkylation sites (tertiary alicyclic amines) is 1. The predicted molar refractivity (Wildman–Crippen MR) is 96.2 cm³/mol. The molecule has 1 fully saturated rings. The van der Waals surface area contributed by atoms with Crippen LogP contribution in [0.1, 0.15) is 17.5 Å². The van der Waals surface area contributed by atoms with Crippen LogP contribution in [0, 0.1) is 5.92 Å². The smallest absolute Gasteiger partial charge is 0.227 e. The summed E-state index contributed by atoms with van der Waals surface area (Å²) in [7, 11) is 1.84. The van der Waals surface area contributed by atoms with Gasteiger partial charge in [-0.05, 0) is 28.8 Å². The number of hydrogen-bond donors (Lipinski definition) is 0. The quantitative estimate of drug-likeness (QED) is 0.861. The molecule has 1 aliphatic carbocycles. The Bertz CT molecular complexity index is 827. The number of pyridine rings is 1. The van der Waals surface area contributed by atoms with Crippen LogP contribution in [0.4, 0.5) is 0 Å². The first-order chi connectivity index (χ1) is 12.2. The van der Waals surface area contributed by atoms with Gasteiger partial charge in [-0.2, -0.15) is 0 Å². The van der Waals surface area contributed by atoms with Crippen LogP contribution in [0.2, 0.25) is 0 Å². The van der Waals surface area contributed by atoms with E-state index in [1.807, 2.05) is 49.7 Å². The van der Waals surface area contributed by atoms with Crippen molar-refractivity contribution in [3.63, 3.8) is 0 Å². The van der Waals surface area contributed by atoms with Crippen molar-refractivity contribution in [2.45, 2.75) is 19.1 Å². The van der Waals surface area contributed by atoms with Gasteiger partial charge in [0.25, 0.3) is 0 Å². The first-order valence-corrected chi connectivity index (χ1v) is 8.48. The maximum Gasteiger partial charge on any atom is 0.227 e. The Morgan fingerprint density at radius 2 is 2.00 bits per heavy atom. The number of nitrogens with zero attached hydrogens (tertiary/aromatic N) is 2. The SMILES string of the molecule is CN1C(=O)CC2C1=CC=C(c1cccnc1)C2OCc1ccccc1. The lowest BCUT2D eigenvalue weighted by Gasteiger charge is -2.30. The summed E-state index contributed by atoms with van der Waals surface area (Å²) in [5, 5.41) is 0. The fraction of sp³-hybridized carbons (Fsp3) is 0.238. The molecule has 2 aliphatic rings. The van der Waals surface area contributed by atoms with E-state index in [4.69, 9.17) is 4.74 Å². The monoisotopic (exact) mass is 332 g/mol. The molecule has 2 aromatic rings. The van der Waals surface area contributed by atoms with Crippen LogP contribution >= 0.6 is 0 Å². The second-order valence-corrected chi connectivity index (χ2v) is 6.44. The molecular weight excluding hydrogens is 312 g/mol. The standard InChI is InChI=1S/C21H20N2O2/c1-23-19-10-9-17(16-8-5-11-22-13-16)21(18(19)12-20(23)24)25-14-15-6-3-2-4-7-15/h2-11,13,18,21H,12,14H2,1H3. The van der Waals surface area contributed by atoms with Crippen LogP contribution in [-0.4, -0.2) is 28.9 Å². The molecule has 1 amide bonds. The fourth-order valence-corrected chi connectivity index (χ4v) is 3.57. The van der Waals surface area contributed by atoms with Crippen LogP contribution in [0.3, 0.4) is 0 Å². The van der Waals surface area contributed by atoms with Crippen LogP contribution in [0.5, 0.6) is 0 Å². The average molecular weight is 332 g/mol. The van der Waals surface area contributed by atoms with Crippen LogP contribution in [-0.2, 0) is 16.1 Å².